The van der Waals surface area contributed by atoms with Crippen LogP contribution in [0.2, 0.25) is 0 Å². The third-order valence-corrected chi connectivity index (χ3v) is 4.91. The van der Waals surface area contributed by atoms with Crippen molar-refractivity contribution in [2.45, 2.75) is 5.92 Å². The lowest BCUT2D eigenvalue weighted by molar-refractivity contribution is 0.158. The van der Waals surface area contributed by atoms with E-state index in [0.717, 1.165) is 11.1 Å². The van der Waals surface area contributed by atoms with Gasteiger partial charge in [0.15, 0.2) is 0 Å². The maximum Gasteiger partial charge on any atom is 0.411 e. The number of anilines is 1. The van der Waals surface area contributed by atoms with Crippen molar-refractivity contribution in [1.29, 1.82) is 0 Å². The fourth-order valence-electron chi connectivity index (χ4n) is 3.29. The van der Waals surface area contributed by atoms with E-state index in [0.29, 0.717) is 4.47 Å². The van der Waals surface area contributed by atoms with Crippen molar-refractivity contribution in [3.05, 3.63) is 86.7 Å². The summed E-state index contributed by atoms with van der Waals surface area (Å²) >= 11 is 3.25. The molecule has 0 atom stereocenters. The Bertz CT molecular complexity index is 999. The van der Waals surface area contributed by atoms with Gasteiger partial charge in [-0.05, 0) is 44.3 Å². The quantitative estimate of drug-likeness (QED) is 0.667. The van der Waals surface area contributed by atoms with Gasteiger partial charge in [0.05, 0.1) is 0 Å². The molecular formula is C20H15BrN2O3. The predicted octanol–water partition coefficient (Wildman–Crippen LogP) is 4.50. The lowest BCUT2D eigenvalue weighted by Crippen LogP contribution is -2.22. The lowest BCUT2D eigenvalue weighted by atomic mass is 9.98. The second-order valence-corrected chi connectivity index (χ2v) is 6.93. The van der Waals surface area contributed by atoms with Gasteiger partial charge in [-0.3, -0.25) is 10.1 Å². The molecule has 2 N–H and O–H groups in total. The summed E-state index contributed by atoms with van der Waals surface area (Å²) in [7, 11) is 0. The molecule has 3 aromatic rings. The first-order valence-corrected chi connectivity index (χ1v) is 8.93. The van der Waals surface area contributed by atoms with Crippen LogP contribution in [0.25, 0.3) is 11.1 Å². The van der Waals surface area contributed by atoms with E-state index in [1.54, 1.807) is 0 Å². The molecule has 1 aliphatic rings. The van der Waals surface area contributed by atoms with Crippen LogP contribution in [0.4, 0.5) is 10.5 Å². The fraction of sp³-hybridized carbons (Fsp3) is 0.100. The number of hydrogen-bond donors (Lipinski definition) is 2. The van der Waals surface area contributed by atoms with Gasteiger partial charge in [0, 0.05) is 16.6 Å². The Morgan fingerprint density at radius 2 is 1.69 bits per heavy atom. The number of H-pyrrole nitrogens is 1. The summed E-state index contributed by atoms with van der Waals surface area (Å²) in [5.74, 6) is -0.0195. The molecule has 0 aliphatic heterocycles. The summed E-state index contributed by atoms with van der Waals surface area (Å²) in [6, 6.07) is 17.8. The molecule has 1 aliphatic carbocycles. The van der Waals surface area contributed by atoms with E-state index in [4.69, 9.17) is 4.74 Å². The van der Waals surface area contributed by atoms with E-state index >= 15 is 0 Å². The maximum absolute atomic E-state index is 12.2. The molecule has 0 spiro atoms. The number of aromatic amines is 1. The zero-order chi connectivity index (χ0) is 18.1. The summed E-state index contributed by atoms with van der Waals surface area (Å²) in [5, 5.41) is 2.49. The van der Waals surface area contributed by atoms with Crippen molar-refractivity contribution < 1.29 is 9.53 Å². The van der Waals surface area contributed by atoms with Crippen LogP contribution in [0.1, 0.15) is 17.0 Å². The highest BCUT2D eigenvalue weighted by molar-refractivity contribution is 9.10. The SMILES string of the molecule is O=C(Nc1cc(Br)c[nH]c1=O)OCC1c2ccccc2-c2ccccc21. The number of nitrogens with one attached hydrogen (secondary N) is 2. The van der Waals surface area contributed by atoms with Crippen LogP contribution in [0, 0.1) is 0 Å². The van der Waals surface area contributed by atoms with Crippen LogP contribution >= 0.6 is 15.9 Å². The molecule has 130 valence electrons. The van der Waals surface area contributed by atoms with Crippen LogP contribution in [0.3, 0.4) is 0 Å². The average molecular weight is 411 g/mol. The minimum absolute atomic E-state index is 0.0195. The summed E-state index contributed by atoms with van der Waals surface area (Å²) in [6.45, 7) is 0.200. The Hall–Kier alpha value is -2.86. The van der Waals surface area contributed by atoms with E-state index < -0.39 is 6.09 Å². The molecule has 6 heteroatoms. The van der Waals surface area contributed by atoms with E-state index in [-0.39, 0.29) is 23.8 Å². The van der Waals surface area contributed by atoms with Crippen LogP contribution in [0.5, 0.6) is 0 Å². The molecule has 0 unspecified atom stereocenters. The first-order valence-electron chi connectivity index (χ1n) is 8.14. The molecule has 0 radical (unpaired) electrons. The Morgan fingerprint density at radius 3 is 2.35 bits per heavy atom. The number of aromatic nitrogens is 1. The van der Waals surface area contributed by atoms with Crippen LogP contribution in [-0.4, -0.2) is 17.7 Å². The molecule has 4 rings (SSSR count). The van der Waals surface area contributed by atoms with Gasteiger partial charge in [-0.15, -0.1) is 0 Å². The van der Waals surface area contributed by atoms with Crippen LogP contribution in [-0.2, 0) is 4.74 Å². The van der Waals surface area contributed by atoms with Gasteiger partial charge < -0.3 is 9.72 Å². The van der Waals surface area contributed by atoms with E-state index in [1.807, 2.05) is 24.3 Å². The van der Waals surface area contributed by atoms with Crippen LogP contribution < -0.4 is 10.9 Å². The number of rotatable bonds is 3. The monoisotopic (exact) mass is 410 g/mol. The van der Waals surface area contributed by atoms with Gasteiger partial charge in [-0.2, -0.15) is 0 Å². The number of pyridine rings is 1. The number of ether oxygens (including phenoxy) is 1. The van der Waals surface area contributed by atoms with Gasteiger partial charge in [0.1, 0.15) is 12.3 Å². The van der Waals surface area contributed by atoms with E-state index in [2.05, 4.69) is 50.5 Å². The largest absolute Gasteiger partial charge is 0.448 e. The van der Waals surface area contributed by atoms with Gasteiger partial charge in [-0.25, -0.2) is 4.79 Å². The number of carbonyl (C=O) groups is 1. The normalized spacial score (nSPS) is 12.3. The Balaban J connectivity index is 1.52. The molecule has 2 aromatic carbocycles. The minimum atomic E-state index is -0.657. The maximum atomic E-state index is 12.2. The molecule has 1 aromatic heterocycles. The van der Waals surface area contributed by atoms with Crippen molar-refractivity contribution in [3.8, 4) is 11.1 Å². The lowest BCUT2D eigenvalue weighted by Gasteiger charge is -2.14. The predicted molar refractivity (Wildman–Crippen MR) is 103 cm³/mol. The number of benzene rings is 2. The van der Waals surface area contributed by atoms with Crippen molar-refractivity contribution in [2.75, 3.05) is 11.9 Å². The first-order chi connectivity index (χ1) is 12.6. The number of amides is 1. The summed E-state index contributed by atoms with van der Waals surface area (Å²) in [6.07, 6.45) is 0.848. The standard InChI is InChI=1S/C20H15BrN2O3/c21-12-9-18(19(24)22-10-12)23-20(25)26-11-17-15-7-3-1-5-13(15)14-6-2-4-8-16(14)17/h1-10,17H,11H2,(H,22,24)(H,23,25). The number of hydrogen-bond acceptors (Lipinski definition) is 3. The van der Waals surface area contributed by atoms with Gasteiger partial charge >= 0.3 is 6.09 Å². The highest BCUT2D eigenvalue weighted by Gasteiger charge is 2.29. The Labute approximate surface area is 158 Å². The number of fused-ring (bicyclic) bond motifs is 3. The second kappa shape index (κ2) is 6.80. The van der Waals surface area contributed by atoms with Crippen molar-refractivity contribution in [3.63, 3.8) is 0 Å². The molecular weight excluding hydrogens is 396 g/mol. The highest BCUT2D eigenvalue weighted by Crippen LogP contribution is 2.44. The number of carbonyl (C=O) groups excluding carboxylic acids is 1. The summed E-state index contributed by atoms with van der Waals surface area (Å²) in [4.78, 5) is 26.4. The van der Waals surface area contributed by atoms with Gasteiger partial charge in [0.2, 0.25) is 0 Å². The smallest absolute Gasteiger partial charge is 0.411 e. The molecule has 1 amide bonds. The molecule has 1 heterocycles. The van der Waals surface area contributed by atoms with Gasteiger partial charge in [-0.1, -0.05) is 48.5 Å². The molecule has 0 bridgehead atoms. The topological polar surface area (TPSA) is 71.2 Å². The Morgan fingerprint density at radius 1 is 1.08 bits per heavy atom. The van der Waals surface area contributed by atoms with Crippen molar-refractivity contribution in [1.82, 2.24) is 4.98 Å². The summed E-state index contributed by atoms with van der Waals surface area (Å²) < 4.78 is 6.08. The van der Waals surface area contributed by atoms with E-state index in [1.165, 1.54) is 23.4 Å². The Kier molecular flexibility index (Phi) is 4.34. The van der Waals surface area contributed by atoms with Crippen molar-refractivity contribution in [2.24, 2.45) is 0 Å². The zero-order valence-electron chi connectivity index (χ0n) is 13.7. The molecule has 0 fully saturated rings. The third-order valence-electron chi connectivity index (χ3n) is 4.45. The number of halogens is 1. The van der Waals surface area contributed by atoms with Crippen molar-refractivity contribution >= 4 is 27.7 Å². The minimum Gasteiger partial charge on any atom is -0.448 e. The molecule has 5 nitrogen and oxygen atoms in total. The molecule has 26 heavy (non-hydrogen) atoms. The zero-order valence-corrected chi connectivity index (χ0v) is 15.2. The average Bonchev–Trinajstić information content (AvgIpc) is 2.97. The van der Waals surface area contributed by atoms with Crippen LogP contribution in [0.15, 0.2) is 70.1 Å². The van der Waals surface area contributed by atoms with Gasteiger partial charge in [0.25, 0.3) is 5.56 Å². The summed E-state index contributed by atoms with van der Waals surface area (Å²) in [5.41, 5.74) is 4.36. The highest BCUT2D eigenvalue weighted by atomic mass is 79.9. The first kappa shape index (κ1) is 16.6. The fourth-order valence-corrected chi connectivity index (χ4v) is 3.64. The third kappa shape index (κ3) is 3.04. The molecule has 0 saturated heterocycles. The second-order valence-electron chi connectivity index (χ2n) is 6.01. The molecule has 0 saturated carbocycles. The van der Waals surface area contributed by atoms with E-state index in [9.17, 15) is 9.59 Å².